The van der Waals surface area contributed by atoms with Crippen LogP contribution < -0.4 is 5.32 Å². The molecule has 3 atom stereocenters. The van der Waals surface area contributed by atoms with Crippen molar-refractivity contribution in [3.63, 3.8) is 0 Å². The largest absolute Gasteiger partial charge is 0.356 e. The van der Waals surface area contributed by atoms with Crippen molar-refractivity contribution in [2.45, 2.75) is 44.3 Å². The Morgan fingerprint density at radius 2 is 2.16 bits per heavy atom. The fraction of sp³-hybridized carbons (Fsp3) is 0.500. The van der Waals surface area contributed by atoms with Crippen molar-refractivity contribution in [2.24, 2.45) is 5.92 Å². The van der Waals surface area contributed by atoms with E-state index in [2.05, 4.69) is 45.5 Å². The monoisotopic (exact) mass is 338 g/mol. The van der Waals surface area contributed by atoms with Crippen molar-refractivity contribution in [1.29, 1.82) is 0 Å². The van der Waals surface area contributed by atoms with Gasteiger partial charge < -0.3 is 9.88 Å². The highest BCUT2D eigenvalue weighted by Gasteiger charge is 2.46. The van der Waals surface area contributed by atoms with Crippen LogP contribution in [0.3, 0.4) is 0 Å². The molecule has 2 aromatic rings. The van der Waals surface area contributed by atoms with Gasteiger partial charge in [0.2, 0.25) is 5.91 Å². The predicted molar refractivity (Wildman–Crippen MR) is 96.9 cm³/mol. The number of carbonyl (C=O) groups is 1. The van der Waals surface area contributed by atoms with Gasteiger partial charge in [0, 0.05) is 37.6 Å². The summed E-state index contributed by atoms with van der Waals surface area (Å²) in [5.41, 5.74) is 1.35. The van der Waals surface area contributed by atoms with Gasteiger partial charge in [-0.2, -0.15) is 0 Å². The number of nitrogens with one attached hydrogen (secondary N) is 1. The number of hydrogen-bond donors (Lipinski definition) is 1. The molecule has 2 aliphatic rings. The molecular formula is C20H26N4O. The fourth-order valence-electron chi connectivity index (χ4n) is 4.47. The molecule has 25 heavy (non-hydrogen) atoms. The van der Waals surface area contributed by atoms with Crippen LogP contribution in [0.1, 0.15) is 37.3 Å². The lowest BCUT2D eigenvalue weighted by atomic mass is 9.93. The molecule has 0 unspecified atom stereocenters. The van der Waals surface area contributed by atoms with Gasteiger partial charge in [0.1, 0.15) is 0 Å². The van der Waals surface area contributed by atoms with Crippen LogP contribution in [0.4, 0.5) is 0 Å². The molecule has 0 spiro atoms. The van der Waals surface area contributed by atoms with Crippen LogP contribution in [0.2, 0.25) is 0 Å². The lowest BCUT2D eigenvalue weighted by Gasteiger charge is -2.24. The molecule has 0 radical (unpaired) electrons. The number of aryl methyl sites for hydroxylation is 1. The summed E-state index contributed by atoms with van der Waals surface area (Å²) in [7, 11) is 0. The normalized spacial score (nSPS) is 25.8. The Morgan fingerprint density at radius 1 is 1.28 bits per heavy atom. The van der Waals surface area contributed by atoms with E-state index in [9.17, 15) is 4.79 Å². The van der Waals surface area contributed by atoms with Crippen molar-refractivity contribution in [2.75, 3.05) is 13.1 Å². The Hall–Kier alpha value is -2.14. The highest BCUT2D eigenvalue weighted by Crippen LogP contribution is 2.44. The molecule has 1 aromatic carbocycles. The van der Waals surface area contributed by atoms with Crippen molar-refractivity contribution >= 4 is 5.91 Å². The highest BCUT2D eigenvalue weighted by atomic mass is 16.2. The zero-order valence-corrected chi connectivity index (χ0v) is 14.6. The van der Waals surface area contributed by atoms with Gasteiger partial charge >= 0.3 is 0 Å². The molecule has 0 aliphatic carbocycles. The van der Waals surface area contributed by atoms with E-state index >= 15 is 0 Å². The van der Waals surface area contributed by atoms with Crippen LogP contribution in [0.25, 0.3) is 0 Å². The smallest absolute Gasteiger partial charge is 0.224 e. The van der Waals surface area contributed by atoms with Crippen molar-refractivity contribution in [1.82, 2.24) is 19.8 Å². The molecule has 4 rings (SSSR count). The van der Waals surface area contributed by atoms with Crippen molar-refractivity contribution in [3.05, 3.63) is 54.6 Å². The summed E-state index contributed by atoms with van der Waals surface area (Å²) >= 11 is 0. The van der Waals surface area contributed by atoms with Crippen molar-refractivity contribution < 1.29 is 4.79 Å². The van der Waals surface area contributed by atoms with Crippen LogP contribution in [-0.4, -0.2) is 39.5 Å². The topological polar surface area (TPSA) is 50.2 Å². The Labute approximate surface area is 149 Å². The maximum atomic E-state index is 12.8. The third-order valence-electron chi connectivity index (χ3n) is 5.66. The van der Waals surface area contributed by atoms with Gasteiger partial charge in [-0.15, -0.1) is 0 Å². The molecule has 1 amide bonds. The summed E-state index contributed by atoms with van der Waals surface area (Å²) in [4.78, 5) is 19.4. The zero-order valence-electron chi connectivity index (χ0n) is 14.6. The summed E-state index contributed by atoms with van der Waals surface area (Å²) in [6.45, 7) is 2.75. The van der Waals surface area contributed by atoms with E-state index in [0.717, 1.165) is 38.9 Å². The first-order valence-electron chi connectivity index (χ1n) is 9.37. The lowest BCUT2D eigenvalue weighted by Crippen LogP contribution is -2.38. The standard InChI is InChI=1S/C20H26N4O/c25-20(22-9-5-11-23-13-10-21-15-23)17-14-19(16-6-2-1-3-7-16)24-12-4-8-18(17)24/h1-3,6-7,10,13,15,17-19H,4-5,8-9,11-12,14H2,(H,22,25)/t17-,18+,19-/m0/s1. The van der Waals surface area contributed by atoms with E-state index in [4.69, 9.17) is 0 Å². The first-order valence-corrected chi connectivity index (χ1v) is 9.37. The van der Waals surface area contributed by atoms with E-state index in [1.165, 1.54) is 12.0 Å². The van der Waals surface area contributed by atoms with Gasteiger partial charge in [-0.3, -0.25) is 9.69 Å². The second-order valence-electron chi connectivity index (χ2n) is 7.16. The predicted octanol–water partition coefficient (Wildman–Crippen LogP) is 2.62. The molecule has 2 aliphatic heterocycles. The number of fused-ring (bicyclic) bond motifs is 1. The van der Waals surface area contributed by atoms with Gasteiger partial charge in [-0.05, 0) is 37.8 Å². The Morgan fingerprint density at radius 3 is 2.96 bits per heavy atom. The number of amides is 1. The lowest BCUT2D eigenvalue weighted by molar-refractivity contribution is -0.125. The van der Waals surface area contributed by atoms with Gasteiger partial charge in [0.25, 0.3) is 0 Å². The summed E-state index contributed by atoms with van der Waals surface area (Å²) in [6, 6.07) is 11.5. The first-order chi connectivity index (χ1) is 12.3. The summed E-state index contributed by atoms with van der Waals surface area (Å²) in [6.07, 6.45) is 9.80. The maximum absolute atomic E-state index is 12.8. The molecule has 5 nitrogen and oxygen atoms in total. The van der Waals surface area contributed by atoms with Gasteiger partial charge in [-0.1, -0.05) is 30.3 Å². The molecule has 2 saturated heterocycles. The molecule has 132 valence electrons. The van der Waals surface area contributed by atoms with Crippen LogP contribution in [-0.2, 0) is 11.3 Å². The summed E-state index contributed by atoms with van der Waals surface area (Å²) < 4.78 is 2.05. The summed E-state index contributed by atoms with van der Waals surface area (Å²) in [5.74, 6) is 0.363. The molecule has 0 saturated carbocycles. The third-order valence-corrected chi connectivity index (χ3v) is 5.66. The summed E-state index contributed by atoms with van der Waals surface area (Å²) in [5, 5.41) is 3.17. The first kappa shape index (κ1) is 16.3. The second-order valence-corrected chi connectivity index (χ2v) is 7.16. The van der Waals surface area contributed by atoms with Crippen LogP contribution in [0.15, 0.2) is 49.1 Å². The number of benzene rings is 1. The van der Waals surface area contributed by atoms with E-state index < -0.39 is 0 Å². The minimum atomic E-state index is 0.126. The number of nitrogens with zero attached hydrogens (tertiary/aromatic N) is 3. The van der Waals surface area contributed by atoms with E-state index in [1.54, 1.807) is 6.20 Å². The number of hydrogen-bond acceptors (Lipinski definition) is 3. The second kappa shape index (κ2) is 7.40. The molecule has 1 N–H and O–H groups in total. The number of aromatic nitrogens is 2. The minimum absolute atomic E-state index is 0.126. The number of rotatable bonds is 6. The molecule has 1 aromatic heterocycles. The molecular weight excluding hydrogens is 312 g/mol. The molecule has 2 fully saturated rings. The number of carbonyl (C=O) groups excluding carboxylic acids is 1. The van der Waals surface area contributed by atoms with Gasteiger partial charge in [0.05, 0.1) is 12.2 Å². The molecule has 3 heterocycles. The van der Waals surface area contributed by atoms with E-state index in [0.29, 0.717) is 12.1 Å². The average Bonchev–Trinajstić information content (AvgIpc) is 3.36. The zero-order chi connectivity index (χ0) is 17.1. The van der Waals surface area contributed by atoms with Gasteiger partial charge in [-0.25, -0.2) is 4.98 Å². The SMILES string of the molecule is O=C(NCCCn1ccnc1)[C@H]1C[C@@H](c2ccccc2)N2CCC[C@H]12. The maximum Gasteiger partial charge on any atom is 0.224 e. The number of imidazole rings is 1. The van der Waals surface area contributed by atoms with E-state index in [-0.39, 0.29) is 11.8 Å². The quantitative estimate of drug-likeness (QED) is 0.824. The van der Waals surface area contributed by atoms with Crippen LogP contribution in [0, 0.1) is 5.92 Å². The Bertz CT molecular complexity index is 685. The third kappa shape index (κ3) is 3.47. The Kier molecular flexibility index (Phi) is 4.83. The van der Waals surface area contributed by atoms with Crippen molar-refractivity contribution in [3.8, 4) is 0 Å². The van der Waals surface area contributed by atoms with Crippen LogP contribution >= 0.6 is 0 Å². The Balaban J connectivity index is 1.34. The van der Waals surface area contributed by atoms with Gasteiger partial charge in [0.15, 0.2) is 0 Å². The highest BCUT2D eigenvalue weighted by molar-refractivity contribution is 5.80. The average molecular weight is 338 g/mol. The van der Waals surface area contributed by atoms with E-state index in [1.807, 2.05) is 17.1 Å². The fourth-order valence-corrected chi connectivity index (χ4v) is 4.47. The van der Waals surface area contributed by atoms with Crippen LogP contribution in [0.5, 0.6) is 0 Å². The molecule has 0 bridgehead atoms. The molecule has 5 heteroatoms. The minimum Gasteiger partial charge on any atom is -0.356 e.